The summed E-state index contributed by atoms with van der Waals surface area (Å²) in [4.78, 5) is 28.2. The molecule has 0 aromatic rings. The van der Waals surface area contributed by atoms with E-state index < -0.39 is 0 Å². The third kappa shape index (κ3) is 3.93. The maximum atomic E-state index is 12.5. The molecule has 2 aliphatic rings. The minimum Gasteiger partial charge on any atom is -0.342 e. The number of nitrogens with zero attached hydrogens (tertiary/aromatic N) is 2. The van der Waals surface area contributed by atoms with Crippen molar-refractivity contribution >= 4 is 32.3 Å². The maximum absolute atomic E-state index is 12.5. The topological polar surface area (TPSA) is 40.6 Å². The van der Waals surface area contributed by atoms with Crippen molar-refractivity contribution in [2.24, 2.45) is 11.8 Å². The number of hydrogen-bond donors (Lipinski definition) is 0. The summed E-state index contributed by atoms with van der Waals surface area (Å²) in [7, 11) is 4.25. The van der Waals surface area contributed by atoms with Crippen LogP contribution in [-0.4, -0.2) is 52.7 Å². The Morgan fingerprint density at radius 2 is 1.50 bits per heavy atom. The Balaban J connectivity index is 1.80. The molecule has 1 saturated heterocycles. The molecule has 1 saturated carbocycles. The first-order valence-corrected chi connectivity index (χ1v) is 8.71. The lowest BCUT2D eigenvalue weighted by Crippen LogP contribution is -2.44. The van der Waals surface area contributed by atoms with Crippen LogP contribution in [0.15, 0.2) is 0 Å². The van der Waals surface area contributed by atoms with Gasteiger partial charge in [-0.05, 0) is 75.2 Å². The SMILES string of the molecule is CN(C)C1CCC(C(=O)N2CCC(C(=O)I)CC2)CC1. The molecule has 114 valence electrons. The number of carbonyl (C=O) groups is 2. The second-order valence-corrected chi connectivity index (χ2v) is 7.44. The Kier molecular flexibility index (Phi) is 5.84. The monoisotopic (exact) mass is 392 g/mol. The lowest BCUT2D eigenvalue weighted by atomic mass is 9.84. The molecule has 1 aliphatic heterocycles. The van der Waals surface area contributed by atoms with E-state index in [1.54, 1.807) is 0 Å². The van der Waals surface area contributed by atoms with Gasteiger partial charge in [0, 0.05) is 31.0 Å². The van der Waals surface area contributed by atoms with Crippen molar-refractivity contribution in [1.29, 1.82) is 0 Å². The predicted octanol–water partition coefficient (Wildman–Crippen LogP) is 2.31. The van der Waals surface area contributed by atoms with Crippen LogP contribution in [0.1, 0.15) is 38.5 Å². The normalized spacial score (nSPS) is 28.7. The summed E-state index contributed by atoms with van der Waals surface area (Å²) in [5, 5.41) is 0. The molecule has 0 bridgehead atoms. The van der Waals surface area contributed by atoms with Crippen LogP contribution in [0.4, 0.5) is 0 Å². The fourth-order valence-corrected chi connectivity index (χ4v) is 4.05. The van der Waals surface area contributed by atoms with Gasteiger partial charge in [-0.15, -0.1) is 0 Å². The van der Waals surface area contributed by atoms with Crippen LogP contribution in [0, 0.1) is 11.8 Å². The fraction of sp³-hybridized carbons (Fsp3) is 0.867. The van der Waals surface area contributed by atoms with Gasteiger partial charge in [0.1, 0.15) is 0 Å². The zero-order chi connectivity index (χ0) is 14.7. The highest BCUT2D eigenvalue weighted by molar-refractivity contribution is 14.1. The van der Waals surface area contributed by atoms with Gasteiger partial charge < -0.3 is 9.80 Å². The smallest absolute Gasteiger partial charge is 0.225 e. The zero-order valence-electron chi connectivity index (χ0n) is 12.5. The van der Waals surface area contributed by atoms with Gasteiger partial charge in [-0.2, -0.15) is 0 Å². The van der Waals surface area contributed by atoms with E-state index in [0.29, 0.717) is 11.9 Å². The van der Waals surface area contributed by atoms with E-state index in [4.69, 9.17) is 0 Å². The van der Waals surface area contributed by atoms with E-state index >= 15 is 0 Å². The van der Waals surface area contributed by atoms with Crippen LogP contribution in [0.25, 0.3) is 0 Å². The summed E-state index contributed by atoms with van der Waals surface area (Å²) in [5.41, 5.74) is 0. The summed E-state index contributed by atoms with van der Waals surface area (Å²) < 4.78 is 0.251. The van der Waals surface area contributed by atoms with Gasteiger partial charge in [-0.25, -0.2) is 0 Å². The van der Waals surface area contributed by atoms with Gasteiger partial charge in [0.25, 0.3) is 0 Å². The summed E-state index contributed by atoms with van der Waals surface area (Å²) in [6.45, 7) is 1.54. The summed E-state index contributed by atoms with van der Waals surface area (Å²) in [5.74, 6) is 0.726. The first kappa shape index (κ1) is 16.2. The minimum absolute atomic E-state index is 0.170. The number of halogens is 1. The molecule has 0 aromatic heterocycles. The molecule has 1 heterocycles. The second kappa shape index (κ2) is 7.20. The van der Waals surface area contributed by atoms with Gasteiger partial charge >= 0.3 is 0 Å². The Morgan fingerprint density at radius 3 is 1.95 bits per heavy atom. The molecule has 0 spiro atoms. The average Bonchev–Trinajstić information content (AvgIpc) is 2.46. The molecule has 0 N–H and O–H groups in total. The molecule has 5 heteroatoms. The first-order valence-electron chi connectivity index (χ1n) is 7.63. The predicted molar refractivity (Wildman–Crippen MR) is 87.8 cm³/mol. The van der Waals surface area contributed by atoms with Gasteiger partial charge in [0.05, 0.1) is 0 Å². The van der Waals surface area contributed by atoms with E-state index in [1.165, 1.54) is 0 Å². The van der Waals surface area contributed by atoms with E-state index in [9.17, 15) is 9.59 Å². The van der Waals surface area contributed by atoms with Crippen LogP contribution in [0.2, 0.25) is 0 Å². The van der Waals surface area contributed by atoms with E-state index in [0.717, 1.165) is 51.6 Å². The Hall–Kier alpha value is -0.170. The van der Waals surface area contributed by atoms with Crippen LogP contribution in [0.5, 0.6) is 0 Å². The first-order chi connectivity index (χ1) is 9.49. The molecule has 0 unspecified atom stereocenters. The van der Waals surface area contributed by atoms with Crippen molar-refractivity contribution in [3.63, 3.8) is 0 Å². The summed E-state index contributed by atoms with van der Waals surface area (Å²) in [6, 6.07) is 0.640. The zero-order valence-corrected chi connectivity index (χ0v) is 14.6. The third-order valence-corrected chi connectivity index (χ3v) is 5.78. The van der Waals surface area contributed by atoms with E-state index in [-0.39, 0.29) is 15.6 Å². The summed E-state index contributed by atoms with van der Waals surface area (Å²) in [6.07, 6.45) is 6.00. The standard InChI is InChI=1S/C15H25IN2O2/c1-17(2)13-5-3-12(4-6-13)15(20)18-9-7-11(8-10-18)14(16)19/h11-13H,3-10H2,1-2H3. The number of amides is 1. The van der Waals surface area contributed by atoms with Crippen molar-refractivity contribution in [1.82, 2.24) is 9.80 Å². The van der Waals surface area contributed by atoms with Gasteiger partial charge in [0.15, 0.2) is 3.79 Å². The molecule has 20 heavy (non-hydrogen) atoms. The van der Waals surface area contributed by atoms with Crippen LogP contribution < -0.4 is 0 Å². The minimum atomic E-state index is 0.170. The van der Waals surface area contributed by atoms with Gasteiger partial charge in [-0.3, -0.25) is 9.59 Å². The Labute approximate surface area is 135 Å². The summed E-state index contributed by atoms with van der Waals surface area (Å²) >= 11 is 1.89. The molecule has 2 fully saturated rings. The van der Waals surface area contributed by atoms with Crippen molar-refractivity contribution < 1.29 is 9.59 Å². The van der Waals surface area contributed by atoms with Gasteiger partial charge in [0.2, 0.25) is 5.91 Å². The average molecular weight is 392 g/mol. The molecule has 0 radical (unpaired) electrons. The van der Waals surface area contributed by atoms with Crippen LogP contribution in [-0.2, 0) is 9.59 Å². The van der Waals surface area contributed by atoms with Crippen molar-refractivity contribution in [2.45, 2.75) is 44.6 Å². The molecule has 4 nitrogen and oxygen atoms in total. The highest BCUT2D eigenvalue weighted by atomic mass is 127. The molecule has 0 aromatic carbocycles. The lowest BCUT2D eigenvalue weighted by Gasteiger charge is -2.37. The Bertz CT molecular complexity index is 357. The maximum Gasteiger partial charge on any atom is 0.225 e. The highest BCUT2D eigenvalue weighted by Gasteiger charge is 2.32. The quantitative estimate of drug-likeness (QED) is 0.547. The number of carbonyl (C=O) groups excluding carboxylic acids is 2. The Morgan fingerprint density at radius 1 is 0.950 bits per heavy atom. The number of piperidine rings is 1. The number of likely N-dealkylation sites (tertiary alicyclic amines) is 1. The number of hydrogen-bond acceptors (Lipinski definition) is 3. The third-order valence-electron chi connectivity index (χ3n) is 4.90. The van der Waals surface area contributed by atoms with E-state index in [1.807, 2.05) is 27.5 Å². The molecule has 1 amide bonds. The van der Waals surface area contributed by atoms with Crippen molar-refractivity contribution in [2.75, 3.05) is 27.2 Å². The van der Waals surface area contributed by atoms with Crippen LogP contribution in [0.3, 0.4) is 0 Å². The molecule has 0 atom stereocenters. The van der Waals surface area contributed by atoms with Gasteiger partial charge in [-0.1, -0.05) is 0 Å². The number of rotatable bonds is 3. The van der Waals surface area contributed by atoms with Crippen molar-refractivity contribution in [3.8, 4) is 0 Å². The molecule has 1 aliphatic carbocycles. The van der Waals surface area contributed by atoms with Crippen molar-refractivity contribution in [3.05, 3.63) is 0 Å². The van der Waals surface area contributed by atoms with E-state index in [2.05, 4.69) is 19.0 Å². The lowest BCUT2D eigenvalue weighted by molar-refractivity contribution is -0.139. The fourth-order valence-electron chi connectivity index (χ4n) is 3.42. The van der Waals surface area contributed by atoms with Crippen LogP contribution >= 0.6 is 22.6 Å². The second-order valence-electron chi connectivity index (χ2n) is 6.37. The highest BCUT2D eigenvalue weighted by Crippen LogP contribution is 2.29. The molecule has 2 rings (SSSR count). The largest absolute Gasteiger partial charge is 0.342 e. The molecular formula is C15H25IN2O2. The molecular weight excluding hydrogens is 367 g/mol.